The first-order chi connectivity index (χ1) is 18.7. The number of nitrogens with one attached hydrogen (secondary N) is 2. The SMILES string of the molecule is CCC(CO)(CN(C)CCN(C)CC(CC)(CO)[N+](=O)[O-])[N+](=O)[O-].CCC(CO)(CO)[N+](=O)[O-].CNCCNC. The fourth-order valence-electron chi connectivity index (χ4n) is 3.31. The fraction of sp³-hybridized carbons (Fsp3) is 1.00. The average Bonchev–Trinajstić information content (AvgIpc) is 2.94. The number of nitro groups is 3. The molecule has 0 aromatic rings. The highest BCUT2D eigenvalue weighted by molar-refractivity contribution is 4.83. The lowest BCUT2D eigenvalue weighted by Crippen LogP contribution is -2.53. The molecular weight excluding hydrogens is 534 g/mol. The van der Waals surface area contributed by atoms with Crippen LogP contribution in [0.4, 0.5) is 0 Å². The van der Waals surface area contributed by atoms with Gasteiger partial charge in [0.1, 0.15) is 26.4 Å². The lowest BCUT2D eigenvalue weighted by molar-refractivity contribution is -0.577. The molecule has 0 aromatic carbocycles. The van der Waals surface area contributed by atoms with Gasteiger partial charge >= 0.3 is 0 Å². The monoisotopic (exact) mass is 587 g/mol. The number of hydrogen-bond donors (Lipinski definition) is 6. The van der Waals surface area contributed by atoms with Gasteiger partial charge in [-0.15, -0.1) is 0 Å². The van der Waals surface area contributed by atoms with Gasteiger partial charge in [-0.3, -0.25) is 40.1 Å². The molecule has 40 heavy (non-hydrogen) atoms. The van der Waals surface area contributed by atoms with Gasteiger partial charge in [-0.25, -0.2) is 0 Å². The maximum Gasteiger partial charge on any atom is 0.267 e. The molecule has 0 radical (unpaired) electrons. The molecule has 0 aliphatic carbocycles. The van der Waals surface area contributed by atoms with Crippen LogP contribution in [-0.4, -0.2) is 155 Å². The van der Waals surface area contributed by atoms with E-state index in [-0.39, 0.29) is 32.4 Å². The molecule has 2 atom stereocenters. The van der Waals surface area contributed by atoms with Crippen molar-refractivity contribution in [2.45, 2.75) is 56.7 Å². The predicted molar refractivity (Wildman–Crippen MR) is 151 cm³/mol. The van der Waals surface area contributed by atoms with E-state index < -0.39 is 57.8 Å². The fourth-order valence-corrected chi connectivity index (χ4v) is 3.31. The van der Waals surface area contributed by atoms with Crippen molar-refractivity contribution in [3.63, 3.8) is 0 Å². The maximum absolute atomic E-state index is 11.2. The second-order valence-corrected chi connectivity index (χ2v) is 9.82. The summed E-state index contributed by atoms with van der Waals surface area (Å²) in [6.07, 6.45) is 0.552. The van der Waals surface area contributed by atoms with Crippen LogP contribution in [0.15, 0.2) is 0 Å². The number of likely N-dealkylation sites (N-methyl/N-ethyl adjacent to an activating group) is 4. The van der Waals surface area contributed by atoms with Crippen LogP contribution in [0, 0.1) is 30.3 Å². The molecule has 2 unspecified atom stereocenters. The Kier molecular flexibility index (Phi) is 23.9. The highest BCUT2D eigenvalue weighted by atomic mass is 16.6. The van der Waals surface area contributed by atoms with Gasteiger partial charge in [-0.05, 0) is 28.2 Å². The summed E-state index contributed by atoms with van der Waals surface area (Å²) in [5.74, 6) is 0. The highest BCUT2D eigenvalue weighted by Crippen LogP contribution is 2.17. The van der Waals surface area contributed by atoms with E-state index in [1.807, 2.05) is 14.1 Å². The van der Waals surface area contributed by atoms with Crippen LogP contribution in [0.2, 0.25) is 0 Å². The molecule has 0 bridgehead atoms. The van der Waals surface area contributed by atoms with Crippen molar-refractivity contribution >= 4 is 0 Å². The standard InChI is InChI=1S/C14H30N4O6.C5H11NO4.C4H12N2/c1-5-13(11-19,17(21)22)9-15(3)7-8-16(4)10-14(6-2,12-20)18(23)24;1-2-5(3-7,4-8)6(9)10;1-5-3-4-6-2/h19-20H,5-12H2,1-4H3;7-8H,2-4H2,1H3;5-6H,3-4H2,1-2H3. The minimum Gasteiger partial charge on any atom is -0.389 e. The van der Waals surface area contributed by atoms with E-state index in [9.17, 15) is 40.6 Å². The molecule has 0 aliphatic rings. The van der Waals surface area contributed by atoms with Gasteiger partial charge in [0.05, 0.1) is 13.1 Å². The van der Waals surface area contributed by atoms with Gasteiger partial charge in [0.2, 0.25) is 0 Å². The zero-order valence-electron chi connectivity index (χ0n) is 25.2. The Morgan fingerprint density at radius 1 is 0.600 bits per heavy atom. The van der Waals surface area contributed by atoms with Crippen LogP contribution in [-0.2, 0) is 0 Å². The average molecular weight is 588 g/mol. The van der Waals surface area contributed by atoms with Gasteiger partial charge in [0.25, 0.3) is 16.6 Å². The molecule has 17 heteroatoms. The Morgan fingerprint density at radius 3 is 0.975 bits per heavy atom. The van der Waals surface area contributed by atoms with E-state index in [1.165, 1.54) is 0 Å². The molecule has 240 valence electrons. The van der Waals surface area contributed by atoms with Gasteiger partial charge in [0.15, 0.2) is 0 Å². The Bertz CT molecular complexity index is 641. The zero-order chi connectivity index (χ0) is 32.0. The number of aliphatic hydroxyl groups excluding tert-OH is 4. The lowest BCUT2D eigenvalue weighted by Gasteiger charge is -2.30. The molecule has 0 saturated heterocycles. The molecular formula is C23H53N7O10. The van der Waals surface area contributed by atoms with Crippen molar-refractivity contribution in [2.75, 3.05) is 93.9 Å². The molecule has 0 rings (SSSR count). The third-order valence-electron chi connectivity index (χ3n) is 6.93. The van der Waals surface area contributed by atoms with Gasteiger partial charge in [-0.1, -0.05) is 20.8 Å². The molecule has 0 saturated carbocycles. The van der Waals surface area contributed by atoms with E-state index in [2.05, 4.69) is 10.6 Å². The van der Waals surface area contributed by atoms with Crippen molar-refractivity contribution in [1.82, 2.24) is 20.4 Å². The molecule has 0 spiro atoms. The molecule has 0 aromatic heterocycles. The van der Waals surface area contributed by atoms with Crippen molar-refractivity contribution in [3.05, 3.63) is 30.3 Å². The predicted octanol–water partition coefficient (Wildman–Crippen LogP) is -1.49. The first kappa shape index (κ1) is 42.3. The van der Waals surface area contributed by atoms with Crippen LogP contribution in [0.3, 0.4) is 0 Å². The van der Waals surface area contributed by atoms with E-state index in [0.717, 1.165) is 13.1 Å². The molecule has 0 fully saturated rings. The molecule has 0 aliphatic heterocycles. The summed E-state index contributed by atoms with van der Waals surface area (Å²) in [5.41, 5.74) is -4.33. The van der Waals surface area contributed by atoms with Gasteiger partial charge < -0.3 is 31.1 Å². The zero-order valence-corrected chi connectivity index (χ0v) is 25.2. The topological polar surface area (TPSA) is 241 Å². The Balaban J connectivity index is -0.000000697. The Hall–Kier alpha value is -2.12. The van der Waals surface area contributed by atoms with E-state index >= 15 is 0 Å². The largest absolute Gasteiger partial charge is 0.389 e. The summed E-state index contributed by atoms with van der Waals surface area (Å²) < 4.78 is 0. The van der Waals surface area contributed by atoms with Crippen molar-refractivity contribution in [3.8, 4) is 0 Å². The highest BCUT2D eigenvalue weighted by Gasteiger charge is 2.43. The lowest BCUT2D eigenvalue weighted by atomic mass is 9.97. The quantitative estimate of drug-likeness (QED) is 0.0540. The second kappa shape index (κ2) is 22.6. The van der Waals surface area contributed by atoms with Crippen molar-refractivity contribution < 1.29 is 35.2 Å². The van der Waals surface area contributed by atoms with E-state index in [1.54, 1.807) is 44.7 Å². The Labute approximate surface area is 237 Å². The summed E-state index contributed by atoms with van der Waals surface area (Å²) in [4.78, 5) is 34.5. The number of hydrogen-bond acceptors (Lipinski definition) is 14. The number of rotatable bonds is 20. The number of nitrogens with zero attached hydrogens (tertiary/aromatic N) is 5. The number of aliphatic hydroxyl groups is 4. The van der Waals surface area contributed by atoms with Crippen molar-refractivity contribution in [1.29, 1.82) is 0 Å². The smallest absolute Gasteiger partial charge is 0.267 e. The summed E-state index contributed by atoms with van der Waals surface area (Å²) >= 11 is 0. The minimum absolute atomic E-state index is 0.0923. The summed E-state index contributed by atoms with van der Waals surface area (Å²) in [6.45, 7) is 5.75. The molecule has 17 nitrogen and oxygen atoms in total. The normalized spacial score (nSPS) is 14.3. The molecule has 0 heterocycles. The van der Waals surface area contributed by atoms with Crippen LogP contribution in [0.25, 0.3) is 0 Å². The van der Waals surface area contributed by atoms with Gasteiger partial charge in [-0.2, -0.15) is 0 Å². The van der Waals surface area contributed by atoms with Crippen LogP contribution >= 0.6 is 0 Å². The van der Waals surface area contributed by atoms with Crippen LogP contribution in [0.1, 0.15) is 40.0 Å². The van der Waals surface area contributed by atoms with E-state index in [0.29, 0.717) is 13.1 Å². The van der Waals surface area contributed by atoms with Crippen molar-refractivity contribution in [2.24, 2.45) is 0 Å². The first-order valence-electron chi connectivity index (χ1n) is 13.2. The van der Waals surface area contributed by atoms with Crippen LogP contribution < -0.4 is 10.6 Å². The molecule has 0 amide bonds. The first-order valence-corrected chi connectivity index (χ1v) is 13.2. The minimum atomic E-state index is -1.54. The molecule has 6 N–H and O–H groups in total. The van der Waals surface area contributed by atoms with Gasteiger partial charge in [0, 0.05) is 60.2 Å². The summed E-state index contributed by atoms with van der Waals surface area (Å²) in [6, 6.07) is 0. The third kappa shape index (κ3) is 14.5. The summed E-state index contributed by atoms with van der Waals surface area (Å²) in [5, 5.41) is 74.4. The van der Waals surface area contributed by atoms with E-state index in [4.69, 9.17) is 10.2 Å². The second-order valence-electron chi connectivity index (χ2n) is 9.82. The maximum atomic E-state index is 11.2. The third-order valence-corrected chi connectivity index (χ3v) is 6.93. The van der Waals surface area contributed by atoms with Crippen LogP contribution in [0.5, 0.6) is 0 Å². The summed E-state index contributed by atoms with van der Waals surface area (Å²) in [7, 11) is 7.31. The Morgan fingerprint density at radius 2 is 0.850 bits per heavy atom.